The number of pyridine rings is 1. The summed E-state index contributed by atoms with van der Waals surface area (Å²) in [5.41, 5.74) is -0.0196. The Morgan fingerprint density at radius 1 is 1.00 bits per heavy atom. The largest absolute Gasteiger partial charge is 0.506 e. The van der Waals surface area contributed by atoms with E-state index in [4.69, 9.17) is 4.42 Å². The van der Waals surface area contributed by atoms with E-state index in [1.165, 1.54) is 34.9 Å². The fraction of sp³-hybridized carbons (Fsp3) is 0. The fourth-order valence-corrected chi connectivity index (χ4v) is 3.07. The van der Waals surface area contributed by atoms with Crippen molar-refractivity contribution in [2.45, 2.75) is 4.90 Å². The predicted molar refractivity (Wildman–Crippen MR) is 102 cm³/mol. The smallest absolute Gasteiger partial charge is 0.353 e. The zero-order chi connectivity index (χ0) is 19.1. The summed E-state index contributed by atoms with van der Waals surface area (Å²) in [5, 5.41) is 10.1. The predicted octanol–water partition coefficient (Wildman–Crippen LogP) is 3.74. The third kappa shape index (κ3) is 2.82. The molecule has 0 spiro atoms. The van der Waals surface area contributed by atoms with E-state index in [0.29, 0.717) is 16.9 Å². The highest BCUT2D eigenvalue weighted by atomic mass is 32.1. The fourth-order valence-electron chi connectivity index (χ4n) is 2.92. The standard InChI is InChI=1S/C20H12FNO4S/c21-12-6-8-13(9-7-12)22-14(11-4-2-1-3-5-11)10-15-16(19(22)24)17(23)18(27)20(25)26-15/h1-10,23,27H. The molecule has 4 rings (SSSR count). The third-order valence-electron chi connectivity index (χ3n) is 4.18. The summed E-state index contributed by atoms with van der Waals surface area (Å²) < 4.78 is 19.8. The second-order valence-electron chi connectivity index (χ2n) is 5.84. The van der Waals surface area contributed by atoms with Gasteiger partial charge in [0.25, 0.3) is 5.56 Å². The Kier molecular flexibility index (Phi) is 4.08. The van der Waals surface area contributed by atoms with Crippen LogP contribution in [0.5, 0.6) is 5.75 Å². The van der Waals surface area contributed by atoms with E-state index in [1.807, 2.05) is 6.07 Å². The molecule has 0 saturated heterocycles. The van der Waals surface area contributed by atoms with Crippen molar-refractivity contribution >= 4 is 23.6 Å². The molecule has 27 heavy (non-hydrogen) atoms. The Labute approximate surface area is 157 Å². The SMILES string of the molecule is O=c1oc2cc(-c3ccccc3)n(-c3ccc(F)cc3)c(=O)c2c(O)c1S. The van der Waals surface area contributed by atoms with E-state index in [1.54, 1.807) is 24.3 Å². The van der Waals surface area contributed by atoms with E-state index >= 15 is 0 Å². The quantitative estimate of drug-likeness (QED) is 0.519. The number of thiol groups is 1. The lowest BCUT2D eigenvalue weighted by Crippen LogP contribution is -2.21. The number of benzene rings is 2. The Morgan fingerprint density at radius 3 is 2.33 bits per heavy atom. The first-order valence-corrected chi connectivity index (χ1v) is 8.38. The molecule has 0 aliphatic rings. The van der Waals surface area contributed by atoms with Crippen LogP contribution in [-0.2, 0) is 0 Å². The van der Waals surface area contributed by atoms with Gasteiger partial charge >= 0.3 is 5.63 Å². The number of aromatic nitrogens is 1. The second kappa shape index (κ2) is 6.44. The minimum Gasteiger partial charge on any atom is -0.506 e. The van der Waals surface area contributed by atoms with Crippen LogP contribution in [0.2, 0.25) is 0 Å². The van der Waals surface area contributed by atoms with Gasteiger partial charge in [0, 0.05) is 11.8 Å². The molecule has 0 saturated carbocycles. The van der Waals surface area contributed by atoms with Gasteiger partial charge in [0.15, 0.2) is 5.75 Å². The number of halogens is 1. The Bertz CT molecular complexity index is 1280. The lowest BCUT2D eigenvalue weighted by atomic mass is 10.1. The van der Waals surface area contributed by atoms with Gasteiger partial charge in [-0.3, -0.25) is 9.36 Å². The maximum atomic E-state index is 13.4. The highest BCUT2D eigenvalue weighted by Gasteiger charge is 2.20. The molecule has 0 aliphatic carbocycles. The maximum absolute atomic E-state index is 13.4. The van der Waals surface area contributed by atoms with E-state index in [0.717, 1.165) is 0 Å². The van der Waals surface area contributed by atoms with Gasteiger partial charge in [-0.1, -0.05) is 30.3 Å². The highest BCUT2D eigenvalue weighted by Crippen LogP contribution is 2.30. The molecule has 0 unspecified atom stereocenters. The zero-order valence-electron chi connectivity index (χ0n) is 13.7. The third-order valence-corrected chi connectivity index (χ3v) is 4.58. The number of fused-ring (bicyclic) bond motifs is 1. The Morgan fingerprint density at radius 2 is 1.67 bits per heavy atom. The molecule has 0 amide bonds. The van der Waals surface area contributed by atoms with Crippen LogP contribution in [0.15, 0.2) is 79.6 Å². The molecule has 0 fully saturated rings. The Balaban J connectivity index is 2.19. The van der Waals surface area contributed by atoms with Gasteiger partial charge in [-0.25, -0.2) is 9.18 Å². The van der Waals surface area contributed by atoms with Gasteiger partial charge in [0.2, 0.25) is 0 Å². The van der Waals surface area contributed by atoms with Crippen molar-refractivity contribution in [3.05, 3.63) is 87.3 Å². The van der Waals surface area contributed by atoms with Crippen molar-refractivity contribution in [3.8, 4) is 22.7 Å². The normalized spacial score (nSPS) is 11.0. The van der Waals surface area contributed by atoms with Crippen molar-refractivity contribution in [1.29, 1.82) is 0 Å². The first-order chi connectivity index (χ1) is 13.0. The van der Waals surface area contributed by atoms with Crippen LogP contribution in [0, 0.1) is 5.82 Å². The van der Waals surface area contributed by atoms with Crippen molar-refractivity contribution < 1.29 is 13.9 Å². The average Bonchev–Trinajstić information content (AvgIpc) is 2.67. The lowest BCUT2D eigenvalue weighted by molar-refractivity contribution is 0.446. The summed E-state index contributed by atoms with van der Waals surface area (Å²) >= 11 is 3.91. The number of rotatable bonds is 2. The first-order valence-electron chi connectivity index (χ1n) is 7.93. The molecule has 4 aromatic rings. The van der Waals surface area contributed by atoms with Crippen molar-refractivity contribution in [1.82, 2.24) is 4.57 Å². The van der Waals surface area contributed by atoms with Crippen molar-refractivity contribution in [2.24, 2.45) is 0 Å². The monoisotopic (exact) mass is 381 g/mol. The minimum absolute atomic E-state index is 0.0579. The summed E-state index contributed by atoms with van der Waals surface area (Å²) in [6.07, 6.45) is 0. The summed E-state index contributed by atoms with van der Waals surface area (Å²) in [5.74, 6) is -0.995. The molecule has 134 valence electrons. The van der Waals surface area contributed by atoms with Crippen LogP contribution in [0.25, 0.3) is 27.9 Å². The van der Waals surface area contributed by atoms with Crippen LogP contribution >= 0.6 is 12.6 Å². The van der Waals surface area contributed by atoms with Gasteiger partial charge in [-0.2, -0.15) is 0 Å². The highest BCUT2D eigenvalue weighted by molar-refractivity contribution is 7.80. The molecule has 2 heterocycles. The molecule has 1 N–H and O–H groups in total. The van der Waals surface area contributed by atoms with Gasteiger partial charge in [-0.15, -0.1) is 12.6 Å². The van der Waals surface area contributed by atoms with E-state index < -0.39 is 22.8 Å². The summed E-state index contributed by atoms with van der Waals surface area (Å²) in [6.45, 7) is 0. The Hall–Kier alpha value is -3.32. The number of aromatic hydroxyl groups is 1. The van der Waals surface area contributed by atoms with Gasteiger partial charge in [-0.05, 0) is 29.8 Å². The molecule has 7 heteroatoms. The molecular weight excluding hydrogens is 369 g/mol. The summed E-state index contributed by atoms with van der Waals surface area (Å²) in [4.78, 5) is 24.7. The van der Waals surface area contributed by atoms with Crippen LogP contribution < -0.4 is 11.2 Å². The minimum atomic E-state index is -0.846. The topological polar surface area (TPSA) is 72.4 Å². The molecule has 0 bridgehead atoms. The average molecular weight is 381 g/mol. The van der Waals surface area contributed by atoms with Crippen LogP contribution in [-0.4, -0.2) is 9.67 Å². The summed E-state index contributed by atoms with van der Waals surface area (Å²) in [6, 6.07) is 15.8. The molecule has 2 aromatic heterocycles. The van der Waals surface area contributed by atoms with E-state index in [2.05, 4.69) is 12.6 Å². The van der Waals surface area contributed by atoms with Gasteiger partial charge in [0.1, 0.15) is 21.7 Å². The molecule has 2 aromatic carbocycles. The van der Waals surface area contributed by atoms with Crippen LogP contribution in [0.3, 0.4) is 0 Å². The maximum Gasteiger partial charge on any atom is 0.353 e. The van der Waals surface area contributed by atoms with Crippen LogP contribution in [0.4, 0.5) is 4.39 Å². The molecular formula is C20H12FNO4S. The molecule has 0 aliphatic heterocycles. The number of hydrogen-bond donors (Lipinski definition) is 2. The van der Waals surface area contributed by atoms with Crippen molar-refractivity contribution in [3.63, 3.8) is 0 Å². The number of hydrogen-bond acceptors (Lipinski definition) is 5. The molecule has 0 radical (unpaired) electrons. The zero-order valence-corrected chi connectivity index (χ0v) is 14.6. The van der Waals surface area contributed by atoms with Gasteiger partial charge in [0.05, 0.1) is 5.69 Å². The lowest BCUT2D eigenvalue weighted by Gasteiger charge is -2.15. The molecule has 5 nitrogen and oxygen atoms in total. The second-order valence-corrected chi connectivity index (χ2v) is 6.29. The first kappa shape index (κ1) is 17.1. The van der Waals surface area contributed by atoms with Crippen LogP contribution in [0.1, 0.15) is 0 Å². The summed E-state index contributed by atoms with van der Waals surface area (Å²) in [7, 11) is 0. The van der Waals surface area contributed by atoms with Gasteiger partial charge < -0.3 is 9.52 Å². The molecule has 0 atom stereocenters. The van der Waals surface area contributed by atoms with Crippen molar-refractivity contribution in [2.75, 3.05) is 0 Å². The number of nitrogens with zero attached hydrogens (tertiary/aromatic N) is 1. The van der Waals surface area contributed by atoms with E-state index in [-0.39, 0.29) is 15.9 Å². The van der Waals surface area contributed by atoms with E-state index in [9.17, 15) is 19.1 Å².